The Morgan fingerprint density at radius 3 is 2.65 bits per heavy atom. The Kier molecular flexibility index (Phi) is 5.02. The van der Waals surface area contributed by atoms with Crippen LogP contribution in [0.25, 0.3) is 0 Å². The quantitative estimate of drug-likeness (QED) is 0.915. The number of nitrogens with zero attached hydrogens (tertiary/aromatic N) is 1. The summed E-state index contributed by atoms with van der Waals surface area (Å²) in [6.45, 7) is 0. The maximum atomic E-state index is 13.2. The van der Waals surface area contributed by atoms with Gasteiger partial charge in [0.2, 0.25) is 0 Å². The lowest BCUT2D eigenvalue weighted by Crippen LogP contribution is -2.45. The van der Waals surface area contributed by atoms with Crippen LogP contribution in [0.15, 0.2) is 24.4 Å². The Labute approximate surface area is 117 Å². The summed E-state index contributed by atoms with van der Waals surface area (Å²) in [5.41, 5.74) is 0.846. The molecule has 1 aliphatic rings. The van der Waals surface area contributed by atoms with Crippen LogP contribution in [0, 0.1) is 11.8 Å². The summed E-state index contributed by atoms with van der Waals surface area (Å²) in [5, 5.41) is 3.08. The first-order valence-corrected chi connectivity index (χ1v) is 7.16. The van der Waals surface area contributed by atoms with Crippen LogP contribution in [-0.2, 0) is 6.42 Å². The van der Waals surface area contributed by atoms with Crippen molar-refractivity contribution in [2.45, 2.75) is 44.3 Å². The van der Waals surface area contributed by atoms with Crippen LogP contribution in [0.2, 0.25) is 0 Å². The SMILES string of the molecule is CNC(Cc1ccccn1)C1CCCCC1C(F)(F)F. The Balaban J connectivity index is 2.12. The van der Waals surface area contributed by atoms with E-state index in [2.05, 4.69) is 10.3 Å². The number of nitrogens with one attached hydrogen (secondary N) is 1. The van der Waals surface area contributed by atoms with Crippen LogP contribution >= 0.6 is 0 Å². The number of alkyl halides is 3. The van der Waals surface area contributed by atoms with E-state index in [1.54, 1.807) is 13.2 Å². The zero-order chi connectivity index (χ0) is 14.6. The highest BCUT2D eigenvalue weighted by Crippen LogP contribution is 2.43. The molecule has 0 radical (unpaired) electrons. The molecule has 2 nitrogen and oxygen atoms in total. The molecule has 1 aliphatic carbocycles. The first-order valence-electron chi connectivity index (χ1n) is 7.16. The van der Waals surface area contributed by atoms with Crippen LogP contribution in [0.3, 0.4) is 0 Å². The predicted octanol–water partition coefficient (Wildman–Crippen LogP) is 3.58. The maximum absolute atomic E-state index is 13.2. The van der Waals surface area contributed by atoms with E-state index in [-0.39, 0.29) is 18.4 Å². The van der Waals surface area contributed by atoms with Gasteiger partial charge in [-0.2, -0.15) is 13.2 Å². The molecule has 1 saturated carbocycles. The number of hydrogen-bond acceptors (Lipinski definition) is 2. The topological polar surface area (TPSA) is 24.9 Å². The number of likely N-dealkylation sites (N-methyl/N-ethyl adjacent to an activating group) is 1. The zero-order valence-corrected chi connectivity index (χ0v) is 11.7. The number of aromatic nitrogens is 1. The van der Waals surface area contributed by atoms with E-state index in [0.29, 0.717) is 19.3 Å². The van der Waals surface area contributed by atoms with Gasteiger partial charge in [-0.15, -0.1) is 0 Å². The second-order valence-electron chi connectivity index (χ2n) is 5.52. The fourth-order valence-electron chi connectivity index (χ4n) is 3.26. The molecule has 5 heteroatoms. The third-order valence-electron chi connectivity index (χ3n) is 4.28. The molecule has 0 spiro atoms. The molecule has 0 amide bonds. The molecule has 1 heterocycles. The third-order valence-corrected chi connectivity index (χ3v) is 4.28. The van der Waals surface area contributed by atoms with Crippen molar-refractivity contribution in [1.82, 2.24) is 10.3 Å². The molecule has 0 aliphatic heterocycles. The molecule has 1 aromatic heterocycles. The van der Waals surface area contributed by atoms with Crippen LogP contribution in [0.1, 0.15) is 31.4 Å². The van der Waals surface area contributed by atoms with Crippen molar-refractivity contribution in [2.75, 3.05) is 7.05 Å². The lowest BCUT2D eigenvalue weighted by molar-refractivity contribution is -0.199. The average Bonchev–Trinajstić information content (AvgIpc) is 2.45. The summed E-state index contributed by atoms with van der Waals surface area (Å²) in [6, 6.07) is 5.39. The minimum atomic E-state index is -4.09. The minimum absolute atomic E-state index is 0.170. The lowest BCUT2D eigenvalue weighted by atomic mass is 9.73. The normalized spacial score (nSPS) is 25.4. The summed E-state index contributed by atoms with van der Waals surface area (Å²) in [7, 11) is 1.75. The Bertz CT molecular complexity index is 405. The Morgan fingerprint density at radius 2 is 2.05 bits per heavy atom. The van der Waals surface area contributed by atoms with E-state index in [1.165, 1.54) is 0 Å². The molecule has 2 rings (SSSR count). The van der Waals surface area contributed by atoms with Crippen LogP contribution in [0.5, 0.6) is 0 Å². The van der Waals surface area contributed by atoms with Gasteiger partial charge in [0.15, 0.2) is 0 Å². The van der Waals surface area contributed by atoms with Gasteiger partial charge in [-0.05, 0) is 37.9 Å². The van der Waals surface area contributed by atoms with E-state index in [4.69, 9.17) is 0 Å². The Hall–Kier alpha value is -1.10. The molecule has 112 valence electrons. The summed E-state index contributed by atoms with van der Waals surface area (Å²) in [4.78, 5) is 4.23. The molecule has 0 aromatic carbocycles. The first kappa shape index (κ1) is 15.3. The summed E-state index contributed by atoms with van der Waals surface area (Å²) < 4.78 is 39.6. The fourth-order valence-corrected chi connectivity index (χ4v) is 3.26. The largest absolute Gasteiger partial charge is 0.392 e. The van der Waals surface area contributed by atoms with Gasteiger partial charge in [0.1, 0.15) is 0 Å². The summed E-state index contributed by atoms with van der Waals surface area (Å²) in [6.07, 6.45) is 0.610. The van der Waals surface area contributed by atoms with E-state index in [1.807, 2.05) is 18.2 Å². The van der Waals surface area contributed by atoms with Gasteiger partial charge < -0.3 is 5.32 Å². The molecule has 1 N–H and O–H groups in total. The van der Waals surface area contributed by atoms with Crippen LogP contribution in [-0.4, -0.2) is 24.2 Å². The monoisotopic (exact) mass is 286 g/mol. The molecule has 20 heavy (non-hydrogen) atoms. The number of rotatable bonds is 4. The second kappa shape index (κ2) is 6.57. The van der Waals surface area contributed by atoms with Gasteiger partial charge in [-0.1, -0.05) is 18.9 Å². The van der Waals surface area contributed by atoms with Crippen molar-refractivity contribution in [3.63, 3.8) is 0 Å². The van der Waals surface area contributed by atoms with Crippen molar-refractivity contribution in [3.05, 3.63) is 30.1 Å². The Morgan fingerprint density at radius 1 is 1.30 bits per heavy atom. The van der Waals surface area contributed by atoms with Crippen molar-refractivity contribution < 1.29 is 13.2 Å². The highest BCUT2D eigenvalue weighted by atomic mass is 19.4. The van der Waals surface area contributed by atoms with Crippen molar-refractivity contribution >= 4 is 0 Å². The van der Waals surface area contributed by atoms with E-state index in [0.717, 1.165) is 12.1 Å². The van der Waals surface area contributed by atoms with E-state index >= 15 is 0 Å². The van der Waals surface area contributed by atoms with Gasteiger partial charge in [0.05, 0.1) is 5.92 Å². The number of pyridine rings is 1. The van der Waals surface area contributed by atoms with E-state index < -0.39 is 12.1 Å². The standard InChI is InChI=1S/C15H21F3N2/c1-19-14(10-11-6-4-5-9-20-11)12-7-2-3-8-13(12)15(16,17)18/h4-6,9,12-14,19H,2-3,7-8,10H2,1H3. The molecule has 3 unspecified atom stereocenters. The first-order chi connectivity index (χ1) is 9.52. The average molecular weight is 286 g/mol. The fraction of sp³-hybridized carbons (Fsp3) is 0.667. The molecule has 0 bridgehead atoms. The van der Waals surface area contributed by atoms with Gasteiger partial charge in [0, 0.05) is 24.4 Å². The van der Waals surface area contributed by atoms with E-state index in [9.17, 15) is 13.2 Å². The van der Waals surface area contributed by atoms with Gasteiger partial charge in [0.25, 0.3) is 0 Å². The van der Waals surface area contributed by atoms with Gasteiger partial charge in [-0.3, -0.25) is 4.98 Å². The minimum Gasteiger partial charge on any atom is -0.316 e. The predicted molar refractivity (Wildman–Crippen MR) is 72.3 cm³/mol. The zero-order valence-electron chi connectivity index (χ0n) is 11.7. The molecular formula is C15H21F3N2. The molecule has 0 saturated heterocycles. The van der Waals surface area contributed by atoms with Crippen LogP contribution < -0.4 is 5.32 Å². The van der Waals surface area contributed by atoms with Crippen molar-refractivity contribution in [3.8, 4) is 0 Å². The number of halogens is 3. The highest BCUT2D eigenvalue weighted by molar-refractivity contribution is 5.06. The lowest BCUT2D eigenvalue weighted by Gasteiger charge is -2.38. The molecule has 3 atom stereocenters. The second-order valence-corrected chi connectivity index (χ2v) is 5.52. The third kappa shape index (κ3) is 3.72. The van der Waals surface area contributed by atoms with Gasteiger partial charge in [-0.25, -0.2) is 0 Å². The highest BCUT2D eigenvalue weighted by Gasteiger charge is 2.47. The summed E-state index contributed by atoms with van der Waals surface area (Å²) in [5.74, 6) is -1.53. The number of hydrogen-bond donors (Lipinski definition) is 1. The van der Waals surface area contributed by atoms with Crippen molar-refractivity contribution in [2.24, 2.45) is 11.8 Å². The van der Waals surface area contributed by atoms with Crippen LogP contribution in [0.4, 0.5) is 13.2 Å². The summed E-state index contributed by atoms with van der Waals surface area (Å²) >= 11 is 0. The smallest absolute Gasteiger partial charge is 0.316 e. The molecular weight excluding hydrogens is 265 g/mol. The molecule has 1 fully saturated rings. The van der Waals surface area contributed by atoms with Gasteiger partial charge >= 0.3 is 6.18 Å². The molecule has 1 aromatic rings. The maximum Gasteiger partial charge on any atom is 0.392 e. The van der Waals surface area contributed by atoms with Crippen molar-refractivity contribution in [1.29, 1.82) is 0 Å².